The van der Waals surface area contributed by atoms with Gasteiger partial charge in [-0.15, -0.1) is 0 Å². The Kier molecular flexibility index (Phi) is 4.80. The van der Waals surface area contributed by atoms with Gasteiger partial charge < -0.3 is 9.47 Å². The lowest BCUT2D eigenvalue weighted by molar-refractivity contribution is -0.118. The van der Waals surface area contributed by atoms with Crippen molar-refractivity contribution < 1.29 is 4.79 Å². The highest BCUT2D eigenvalue weighted by atomic mass is 16.2. The molecule has 0 N–H and O–H groups in total. The molecule has 33 heavy (non-hydrogen) atoms. The second kappa shape index (κ2) is 8.10. The minimum atomic E-state index is -0.299. The number of carbonyl (C=O) groups excluding carboxylic acids is 1. The van der Waals surface area contributed by atoms with Crippen LogP contribution in [0.1, 0.15) is 28.2 Å². The summed E-state index contributed by atoms with van der Waals surface area (Å²) in [6.07, 6.45) is 2.18. The molecular formula is C30H24N2O. The summed E-state index contributed by atoms with van der Waals surface area (Å²) in [5, 5.41) is 1.14. The number of rotatable bonds is 5. The molecule has 1 unspecified atom stereocenters. The predicted molar refractivity (Wildman–Crippen MR) is 133 cm³/mol. The fourth-order valence-corrected chi connectivity index (χ4v) is 5.03. The van der Waals surface area contributed by atoms with Gasteiger partial charge in [0.2, 0.25) is 5.91 Å². The first-order chi connectivity index (χ1) is 16.3. The lowest BCUT2D eigenvalue weighted by Gasteiger charge is -2.18. The summed E-state index contributed by atoms with van der Waals surface area (Å²) < 4.78 is 2.27. The summed E-state index contributed by atoms with van der Waals surface area (Å²) in [4.78, 5) is 15.8. The summed E-state index contributed by atoms with van der Waals surface area (Å²) in [5.74, 6) is -0.158. The van der Waals surface area contributed by atoms with Gasteiger partial charge in [0.1, 0.15) is 0 Å². The molecule has 3 heteroatoms. The predicted octanol–water partition coefficient (Wildman–Crippen LogP) is 6.37. The summed E-state index contributed by atoms with van der Waals surface area (Å²) >= 11 is 0. The standard InChI is InChI=1S/C30H24N2O/c33-30-29(25-16-8-10-18-28(25)32(30)20-23-13-5-2-6-14-23)26-21-31(19-22-11-3-1-4-12-22)27-17-9-7-15-24(26)27/h1-18,21,29H,19-20H2. The van der Waals surface area contributed by atoms with E-state index >= 15 is 0 Å². The zero-order valence-corrected chi connectivity index (χ0v) is 18.3. The topological polar surface area (TPSA) is 25.2 Å². The van der Waals surface area contributed by atoms with Crippen LogP contribution in [0.5, 0.6) is 0 Å². The maximum atomic E-state index is 13.9. The normalized spacial score (nSPS) is 15.2. The van der Waals surface area contributed by atoms with Gasteiger partial charge in [-0.2, -0.15) is 0 Å². The molecule has 0 spiro atoms. The van der Waals surface area contributed by atoms with Crippen molar-refractivity contribution in [1.29, 1.82) is 0 Å². The second-order valence-electron chi connectivity index (χ2n) is 8.62. The van der Waals surface area contributed by atoms with E-state index in [1.807, 2.05) is 41.3 Å². The smallest absolute Gasteiger partial charge is 0.239 e. The van der Waals surface area contributed by atoms with Crippen LogP contribution in [0.25, 0.3) is 10.9 Å². The molecule has 4 aromatic carbocycles. The summed E-state index contributed by atoms with van der Waals surface area (Å²) in [6.45, 7) is 1.35. The summed E-state index contributed by atoms with van der Waals surface area (Å²) in [6, 6.07) is 37.3. The number of hydrogen-bond donors (Lipinski definition) is 0. The number of hydrogen-bond acceptors (Lipinski definition) is 1. The van der Waals surface area contributed by atoms with Crippen molar-refractivity contribution in [2.24, 2.45) is 0 Å². The molecule has 3 nitrogen and oxygen atoms in total. The van der Waals surface area contributed by atoms with Gasteiger partial charge in [0, 0.05) is 29.3 Å². The van der Waals surface area contributed by atoms with E-state index in [4.69, 9.17) is 0 Å². The van der Waals surface area contributed by atoms with Gasteiger partial charge in [-0.3, -0.25) is 4.79 Å². The van der Waals surface area contributed by atoms with E-state index in [2.05, 4.69) is 83.6 Å². The number of para-hydroxylation sites is 2. The molecule has 160 valence electrons. The van der Waals surface area contributed by atoms with Crippen LogP contribution in [0, 0.1) is 0 Å². The van der Waals surface area contributed by atoms with E-state index in [1.54, 1.807) is 0 Å². The van der Waals surface area contributed by atoms with Crippen LogP contribution < -0.4 is 4.90 Å². The van der Waals surface area contributed by atoms with E-state index in [0.29, 0.717) is 6.54 Å². The van der Waals surface area contributed by atoms with Crippen LogP contribution in [0.2, 0.25) is 0 Å². The minimum absolute atomic E-state index is 0.141. The van der Waals surface area contributed by atoms with Gasteiger partial charge in [0.25, 0.3) is 0 Å². The number of benzene rings is 4. The minimum Gasteiger partial charge on any atom is -0.343 e. The fourth-order valence-electron chi connectivity index (χ4n) is 5.03. The fraction of sp³-hybridized carbons (Fsp3) is 0.100. The van der Waals surface area contributed by atoms with Crippen LogP contribution in [0.15, 0.2) is 115 Å². The lowest BCUT2D eigenvalue weighted by Crippen LogP contribution is -2.28. The molecule has 0 fully saturated rings. The highest BCUT2D eigenvalue weighted by molar-refractivity contribution is 6.09. The number of anilines is 1. The van der Waals surface area contributed by atoms with Crippen LogP contribution in [-0.4, -0.2) is 10.5 Å². The molecule has 1 aliphatic rings. The highest BCUT2D eigenvalue weighted by Gasteiger charge is 2.39. The molecule has 1 aromatic heterocycles. The van der Waals surface area contributed by atoms with E-state index in [9.17, 15) is 4.79 Å². The molecule has 5 aromatic rings. The third-order valence-electron chi connectivity index (χ3n) is 6.56. The monoisotopic (exact) mass is 428 g/mol. The van der Waals surface area contributed by atoms with Crippen LogP contribution in [0.3, 0.4) is 0 Å². The van der Waals surface area contributed by atoms with E-state index in [-0.39, 0.29) is 11.8 Å². The van der Waals surface area contributed by atoms with Crippen molar-refractivity contribution in [2.75, 3.05) is 4.90 Å². The molecule has 1 amide bonds. The Labute approximate surface area is 193 Å². The SMILES string of the molecule is O=C1C(c2cn(Cc3ccccc3)c3ccccc23)c2ccccc2N1Cc1ccccc1. The van der Waals surface area contributed by atoms with E-state index < -0.39 is 0 Å². The third kappa shape index (κ3) is 3.42. The number of amides is 1. The molecule has 6 rings (SSSR count). The van der Waals surface area contributed by atoms with E-state index in [0.717, 1.165) is 39.8 Å². The van der Waals surface area contributed by atoms with Gasteiger partial charge >= 0.3 is 0 Å². The van der Waals surface area contributed by atoms with Crippen molar-refractivity contribution >= 4 is 22.5 Å². The van der Waals surface area contributed by atoms with Gasteiger partial charge in [0.15, 0.2) is 0 Å². The number of fused-ring (bicyclic) bond motifs is 2. The Morgan fingerprint density at radius 3 is 1.97 bits per heavy atom. The van der Waals surface area contributed by atoms with Gasteiger partial charge in [0.05, 0.1) is 12.5 Å². The first-order valence-corrected chi connectivity index (χ1v) is 11.4. The molecule has 0 bridgehead atoms. The second-order valence-corrected chi connectivity index (χ2v) is 8.62. The third-order valence-corrected chi connectivity index (χ3v) is 6.56. The zero-order chi connectivity index (χ0) is 22.2. The van der Waals surface area contributed by atoms with Crippen molar-refractivity contribution in [3.05, 3.63) is 138 Å². The van der Waals surface area contributed by atoms with Crippen LogP contribution >= 0.6 is 0 Å². The van der Waals surface area contributed by atoms with Gasteiger partial charge in [-0.05, 0) is 34.4 Å². The van der Waals surface area contributed by atoms with Gasteiger partial charge in [-0.25, -0.2) is 0 Å². The Balaban J connectivity index is 1.45. The van der Waals surface area contributed by atoms with E-state index in [1.165, 1.54) is 5.56 Å². The van der Waals surface area contributed by atoms with Crippen LogP contribution in [0.4, 0.5) is 5.69 Å². The van der Waals surface area contributed by atoms with Crippen molar-refractivity contribution in [2.45, 2.75) is 19.0 Å². The number of aromatic nitrogens is 1. The summed E-state index contributed by atoms with van der Waals surface area (Å²) in [7, 11) is 0. The largest absolute Gasteiger partial charge is 0.343 e. The molecule has 0 radical (unpaired) electrons. The molecule has 1 atom stereocenters. The highest BCUT2D eigenvalue weighted by Crippen LogP contribution is 2.44. The van der Waals surface area contributed by atoms with Gasteiger partial charge in [-0.1, -0.05) is 97.1 Å². The first-order valence-electron chi connectivity index (χ1n) is 11.4. The Bertz CT molecular complexity index is 1440. The molecule has 0 saturated carbocycles. The molecule has 1 aliphatic heterocycles. The average molecular weight is 429 g/mol. The van der Waals surface area contributed by atoms with Crippen molar-refractivity contribution in [3.8, 4) is 0 Å². The lowest BCUT2D eigenvalue weighted by atomic mass is 9.92. The summed E-state index contributed by atoms with van der Waals surface area (Å²) in [5.41, 5.74) is 6.71. The first kappa shape index (κ1) is 19.6. The number of nitrogens with zero attached hydrogens (tertiary/aromatic N) is 2. The quantitative estimate of drug-likeness (QED) is 0.319. The molecule has 0 aliphatic carbocycles. The number of carbonyl (C=O) groups is 1. The Hall–Kier alpha value is -4.11. The molecular weight excluding hydrogens is 404 g/mol. The molecule has 2 heterocycles. The Morgan fingerprint density at radius 2 is 1.21 bits per heavy atom. The maximum absolute atomic E-state index is 13.9. The van der Waals surface area contributed by atoms with Crippen LogP contribution in [-0.2, 0) is 17.9 Å². The molecule has 0 saturated heterocycles. The Morgan fingerprint density at radius 1 is 0.606 bits per heavy atom. The van der Waals surface area contributed by atoms with Crippen molar-refractivity contribution in [3.63, 3.8) is 0 Å². The average Bonchev–Trinajstić information content (AvgIpc) is 3.35. The van der Waals surface area contributed by atoms with Crippen molar-refractivity contribution in [1.82, 2.24) is 4.57 Å². The maximum Gasteiger partial charge on any atom is 0.239 e. The zero-order valence-electron chi connectivity index (χ0n) is 18.3.